The molecule has 3 amide bonds. The lowest BCUT2D eigenvalue weighted by atomic mass is 10.1. The van der Waals surface area contributed by atoms with Crippen LogP contribution in [0, 0.1) is 0 Å². The van der Waals surface area contributed by atoms with Gasteiger partial charge in [-0.1, -0.05) is 35.3 Å². The second-order valence-corrected chi connectivity index (χ2v) is 7.21. The molecule has 0 saturated carbocycles. The number of benzene rings is 2. The first-order valence-electron chi connectivity index (χ1n) is 8.68. The normalized spacial score (nSPS) is 13.8. The van der Waals surface area contributed by atoms with Gasteiger partial charge in [-0.15, -0.1) is 0 Å². The predicted octanol–water partition coefficient (Wildman–Crippen LogP) is 3.55. The van der Waals surface area contributed by atoms with E-state index in [1.807, 2.05) is 0 Å². The van der Waals surface area contributed by atoms with E-state index in [4.69, 9.17) is 27.9 Å². The van der Waals surface area contributed by atoms with Crippen molar-refractivity contribution in [2.75, 3.05) is 11.9 Å². The number of imide groups is 1. The van der Waals surface area contributed by atoms with Crippen molar-refractivity contribution in [3.05, 3.63) is 63.6 Å². The molecule has 2 aromatic carbocycles. The number of esters is 1. The van der Waals surface area contributed by atoms with Crippen LogP contribution in [0.2, 0.25) is 10.0 Å². The van der Waals surface area contributed by atoms with Crippen LogP contribution in [0.15, 0.2) is 42.5 Å². The number of amides is 3. The number of ether oxygens (including phenoxy) is 1. The molecular weight excluding hydrogens is 419 g/mol. The molecule has 1 aliphatic heterocycles. The molecule has 2 aromatic rings. The minimum absolute atomic E-state index is 0.135. The van der Waals surface area contributed by atoms with Gasteiger partial charge in [0.25, 0.3) is 17.7 Å². The molecule has 0 saturated heterocycles. The van der Waals surface area contributed by atoms with Crippen molar-refractivity contribution in [1.29, 1.82) is 0 Å². The number of halogens is 2. The molecule has 0 fully saturated rings. The smallest absolute Gasteiger partial charge is 0.308 e. The number of nitrogens with zero attached hydrogens (tertiary/aromatic N) is 1. The van der Waals surface area contributed by atoms with Gasteiger partial charge in [-0.25, -0.2) is 0 Å². The zero-order valence-electron chi connectivity index (χ0n) is 15.3. The van der Waals surface area contributed by atoms with Crippen LogP contribution in [0.4, 0.5) is 5.69 Å². The number of fused-ring (bicyclic) bond motifs is 1. The van der Waals surface area contributed by atoms with Crippen molar-refractivity contribution in [1.82, 2.24) is 4.90 Å². The number of anilines is 1. The van der Waals surface area contributed by atoms with Crippen molar-refractivity contribution >= 4 is 52.6 Å². The van der Waals surface area contributed by atoms with Gasteiger partial charge in [-0.2, -0.15) is 0 Å². The van der Waals surface area contributed by atoms with Crippen LogP contribution in [0.25, 0.3) is 0 Å². The number of carbonyl (C=O) groups is 4. The summed E-state index contributed by atoms with van der Waals surface area (Å²) in [5, 5.41) is 3.24. The molecule has 0 bridgehead atoms. The molecule has 1 atom stereocenters. The van der Waals surface area contributed by atoms with E-state index in [1.54, 1.807) is 24.3 Å². The molecule has 0 aromatic heterocycles. The lowest BCUT2D eigenvalue weighted by molar-refractivity contribution is -0.153. The summed E-state index contributed by atoms with van der Waals surface area (Å²) in [6.45, 7) is 1.27. The summed E-state index contributed by atoms with van der Waals surface area (Å²) in [5.74, 6) is -2.20. The maximum Gasteiger partial charge on any atom is 0.308 e. The molecule has 3 rings (SSSR count). The Morgan fingerprint density at radius 1 is 1.03 bits per heavy atom. The van der Waals surface area contributed by atoms with E-state index in [1.165, 1.54) is 25.1 Å². The third-order valence-corrected chi connectivity index (χ3v) is 4.66. The minimum atomic E-state index is -1.09. The lowest BCUT2D eigenvalue weighted by Crippen LogP contribution is -2.34. The van der Waals surface area contributed by atoms with Crippen LogP contribution in [0.5, 0.6) is 0 Å². The van der Waals surface area contributed by atoms with Crippen molar-refractivity contribution in [3.63, 3.8) is 0 Å². The molecule has 0 radical (unpaired) electrons. The standard InChI is InChI=1S/C20H16Cl2N2O5/c1-11(18(26)23-14-9-12(21)8-13(22)10-14)29-17(25)6-7-24-19(27)15-4-2-3-5-16(15)20(24)28/h2-5,8-11H,6-7H2,1H3,(H,23,26). The summed E-state index contributed by atoms with van der Waals surface area (Å²) in [6, 6.07) is 11.0. The first-order valence-corrected chi connectivity index (χ1v) is 9.43. The average molecular weight is 435 g/mol. The van der Waals surface area contributed by atoms with Gasteiger partial charge in [-0.3, -0.25) is 24.1 Å². The highest BCUT2D eigenvalue weighted by Gasteiger charge is 2.35. The van der Waals surface area contributed by atoms with E-state index < -0.39 is 29.8 Å². The van der Waals surface area contributed by atoms with Gasteiger partial charge in [0.15, 0.2) is 6.10 Å². The fourth-order valence-electron chi connectivity index (χ4n) is 2.82. The molecule has 9 heteroatoms. The highest BCUT2D eigenvalue weighted by molar-refractivity contribution is 6.35. The largest absolute Gasteiger partial charge is 0.452 e. The molecule has 29 heavy (non-hydrogen) atoms. The van der Waals surface area contributed by atoms with Crippen molar-refractivity contribution in [2.24, 2.45) is 0 Å². The first-order chi connectivity index (χ1) is 13.8. The first kappa shape index (κ1) is 20.8. The molecule has 1 heterocycles. The monoisotopic (exact) mass is 434 g/mol. The SMILES string of the molecule is CC(OC(=O)CCN1C(=O)c2ccccc2C1=O)C(=O)Nc1cc(Cl)cc(Cl)c1. The van der Waals surface area contributed by atoms with Gasteiger partial charge in [0, 0.05) is 22.3 Å². The van der Waals surface area contributed by atoms with E-state index in [0.29, 0.717) is 26.9 Å². The average Bonchev–Trinajstić information content (AvgIpc) is 2.90. The summed E-state index contributed by atoms with van der Waals surface area (Å²) >= 11 is 11.8. The van der Waals surface area contributed by atoms with Crippen molar-refractivity contribution in [3.8, 4) is 0 Å². The minimum Gasteiger partial charge on any atom is -0.452 e. The van der Waals surface area contributed by atoms with Crippen LogP contribution in [0.1, 0.15) is 34.1 Å². The van der Waals surface area contributed by atoms with Crippen LogP contribution in [0.3, 0.4) is 0 Å². The van der Waals surface area contributed by atoms with Gasteiger partial charge in [-0.05, 0) is 37.3 Å². The zero-order chi connectivity index (χ0) is 21.1. The third-order valence-electron chi connectivity index (χ3n) is 4.23. The summed E-state index contributed by atoms with van der Waals surface area (Å²) in [5.41, 5.74) is 0.971. The van der Waals surface area contributed by atoms with Crippen LogP contribution < -0.4 is 5.32 Å². The second-order valence-electron chi connectivity index (χ2n) is 6.34. The maximum absolute atomic E-state index is 12.3. The summed E-state index contributed by atoms with van der Waals surface area (Å²) in [7, 11) is 0. The van der Waals surface area contributed by atoms with Gasteiger partial charge in [0.05, 0.1) is 17.5 Å². The Kier molecular flexibility index (Phi) is 6.20. The summed E-state index contributed by atoms with van der Waals surface area (Å²) in [4.78, 5) is 49.8. The third kappa shape index (κ3) is 4.75. The van der Waals surface area contributed by atoms with E-state index in [0.717, 1.165) is 4.90 Å². The number of hydrogen-bond acceptors (Lipinski definition) is 5. The Balaban J connectivity index is 1.52. The number of rotatable bonds is 6. The maximum atomic E-state index is 12.3. The van der Waals surface area contributed by atoms with Crippen LogP contribution in [-0.2, 0) is 14.3 Å². The van der Waals surface area contributed by atoms with Crippen molar-refractivity contribution < 1.29 is 23.9 Å². The zero-order valence-corrected chi connectivity index (χ0v) is 16.8. The van der Waals surface area contributed by atoms with Crippen LogP contribution in [-0.4, -0.2) is 41.2 Å². The van der Waals surface area contributed by atoms with E-state index >= 15 is 0 Å². The Labute approximate surface area is 176 Å². The quantitative estimate of drug-likeness (QED) is 0.554. The molecule has 1 N–H and O–H groups in total. The highest BCUT2D eigenvalue weighted by Crippen LogP contribution is 2.23. The predicted molar refractivity (Wildman–Crippen MR) is 107 cm³/mol. The molecule has 0 spiro atoms. The topological polar surface area (TPSA) is 92.8 Å². The van der Waals surface area contributed by atoms with E-state index in [9.17, 15) is 19.2 Å². The molecular formula is C20H16Cl2N2O5. The van der Waals surface area contributed by atoms with Gasteiger partial charge >= 0.3 is 5.97 Å². The fourth-order valence-corrected chi connectivity index (χ4v) is 3.35. The Morgan fingerprint density at radius 2 is 1.59 bits per heavy atom. The fraction of sp³-hybridized carbons (Fsp3) is 0.200. The molecule has 1 unspecified atom stereocenters. The molecule has 150 valence electrons. The second kappa shape index (κ2) is 8.63. The Morgan fingerprint density at radius 3 is 2.14 bits per heavy atom. The molecule has 7 nitrogen and oxygen atoms in total. The molecule has 1 aliphatic rings. The van der Waals surface area contributed by atoms with Crippen molar-refractivity contribution in [2.45, 2.75) is 19.4 Å². The number of hydrogen-bond donors (Lipinski definition) is 1. The van der Waals surface area contributed by atoms with E-state index in [-0.39, 0.29) is 13.0 Å². The number of carbonyl (C=O) groups excluding carboxylic acids is 4. The van der Waals surface area contributed by atoms with E-state index in [2.05, 4.69) is 5.32 Å². The van der Waals surface area contributed by atoms with Gasteiger partial charge in [0.2, 0.25) is 0 Å². The Bertz CT molecular complexity index is 953. The summed E-state index contributed by atoms with van der Waals surface area (Å²) < 4.78 is 5.09. The Hall–Kier alpha value is -2.90. The van der Waals surface area contributed by atoms with Gasteiger partial charge in [0.1, 0.15) is 0 Å². The summed E-state index contributed by atoms with van der Waals surface area (Å²) in [6.07, 6.45) is -1.33. The number of nitrogens with one attached hydrogen (secondary N) is 1. The van der Waals surface area contributed by atoms with Gasteiger partial charge < -0.3 is 10.1 Å². The van der Waals surface area contributed by atoms with Crippen LogP contribution >= 0.6 is 23.2 Å². The molecule has 0 aliphatic carbocycles. The lowest BCUT2D eigenvalue weighted by Gasteiger charge is -2.16. The highest BCUT2D eigenvalue weighted by atomic mass is 35.5.